The van der Waals surface area contributed by atoms with Crippen LogP contribution >= 0.6 is 0 Å². The van der Waals surface area contributed by atoms with Crippen molar-refractivity contribution in [2.45, 2.75) is 40.2 Å². The zero-order valence-corrected chi connectivity index (χ0v) is 13.7. The highest BCUT2D eigenvalue weighted by Gasteiger charge is 2.23. The molecule has 1 atom stereocenters. The van der Waals surface area contributed by atoms with Gasteiger partial charge in [-0.1, -0.05) is 29.3 Å². The van der Waals surface area contributed by atoms with Crippen LogP contribution in [0.3, 0.4) is 0 Å². The fraction of sp³-hybridized carbons (Fsp3) is 0.353. The van der Waals surface area contributed by atoms with Crippen LogP contribution in [0.1, 0.15) is 40.6 Å². The van der Waals surface area contributed by atoms with Crippen molar-refractivity contribution < 1.29 is 18.8 Å². The van der Waals surface area contributed by atoms with Gasteiger partial charge in [0.25, 0.3) is 5.91 Å². The van der Waals surface area contributed by atoms with Gasteiger partial charge in [0.05, 0.1) is 5.56 Å². The van der Waals surface area contributed by atoms with E-state index in [1.54, 1.807) is 32.0 Å². The Morgan fingerprint density at radius 1 is 1.17 bits per heavy atom. The molecule has 1 aromatic heterocycles. The van der Waals surface area contributed by atoms with Gasteiger partial charge in [0.1, 0.15) is 5.76 Å². The Hall–Kier alpha value is -2.63. The second kappa shape index (κ2) is 7.09. The van der Waals surface area contributed by atoms with Crippen molar-refractivity contribution in [2.75, 3.05) is 5.32 Å². The molecule has 23 heavy (non-hydrogen) atoms. The van der Waals surface area contributed by atoms with E-state index < -0.39 is 18.0 Å². The number of rotatable bonds is 5. The maximum atomic E-state index is 12.2. The van der Waals surface area contributed by atoms with Crippen LogP contribution in [0.4, 0.5) is 5.82 Å². The van der Waals surface area contributed by atoms with E-state index in [0.29, 0.717) is 23.6 Å². The number of hydrogen-bond acceptors (Lipinski definition) is 5. The summed E-state index contributed by atoms with van der Waals surface area (Å²) in [6.45, 7) is 7.30. The lowest BCUT2D eigenvalue weighted by Crippen LogP contribution is -2.32. The van der Waals surface area contributed by atoms with Gasteiger partial charge in [0.2, 0.25) is 0 Å². The van der Waals surface area contributed by atoms with Crippen LogP contribution in [-0.4, -0.2) is 23.1 Å². The van der Waals surface area contributed by atoms with Crippen LogP contribution in [-0.2, 0) is 9.53 Å². The minimum atomic E-state index is -0.889. The zero-order valence-electron chi connectivity index (χ0n) is 13.7. The van der Waals surface area contributed by atoms with Crippen LogP contribution in [0.15, 0.2) is 28.8 Å². The number of nitrogens with one attached hydrogen (secondary N) is 1. The lowest BCUT2D eigenvalue weighted by Gasteiger charge is -2.15. The normalized spacial score (nSPS) is 11.8. The van der Waals surface area contributed by atoms with Crippen molar-refractivity contribution in [3.8, 4) is 0 Å². The molecule has 1 aromatic carbocycles. The van der Waals surface area contributed by atoms with Gasteiger partial charge in [0.15, 0.2) is 11.9 Å². The quantitative estimate of drug-likeness (QED) is 0.857. The fourth-order valence-electron chi connectivity index (χ4n) is 2.24. The third kappa shape index (κ3) is 4.42. The third-order valence-corrected chi connectivity index (χ3v) is 3.25. The van der Waals surface area contributed by atoms with E-state index in [1.807, 2.05) is 19.9 Å². The molecule has 6 nitrogen and oxygen atoms in total. The van der Waals surface area contributed by atoms with E-state index in [2.05, 4.69) is 10.5 Å². The maximum Gasteiger partial charge on any atom is 0.338 e. The van der Waals surface area contributed by atoms with E-state index in [1.165, 1.54) is 0 Å². The van der Waals surface area contributed by atoms with Crippen LogP contribution in [0.2, 0.25) is 0 Å². The molecule has 0 aliphatic rings. The molecule has 0 radical (unpaired) electrons. The van der Waals surface area contributed by atoms with Gasteiger partial charge >= 0.3 is 5.97 Å². The van der Waals surface area contributed by atoms with Gasteiger partial charge < -0.3 is 14.6 Å². The van der Waals surface area contributed by atoms with Crippen molar-refractivity contribution >= 4 is 17.7 Å². The van der Waals surface area contributed by atoms with E-state index in [-0.39, 0.29) is 0 Å². The number of hydrogen-bond donors (Lipinski definition) is 1. The molecule has 2 rings (SSSR count). The molecule has 0 spiro atoms. The number of esters is 1. The summed E-state index contributed by atoms with van der Waals surface area (Å²) in [6.07, 6.45) is -0.528. The number of ether oxygens (including phenoxy) is 1. The van der Waals surface area contributed by atoms with Crippen LogP contribution < -0.4 is 5.32 Å². The molecule has 2 aromatic rings. The molecule has 0 saturated heterocycles. The highest BCUT2D eigenvalue weighted by molar-refractivity contribution is 5.97. The number of benzene rings is 1. The summed E-state index contributed by atoms with van der Waals surface area (Å²) < 4.78 is 10.2. The monoisotopic (exact) mass is 316 g/mol. The van der Waals surface area contributed by atoms with Crippen molar-refractivity contribution in [2.24, 2.45) is 0 Å². The predicted molar refractivity (Wildman–Crippen MR) is 85.3 cm³/mol. The summed E-state index contributed by atoms with van der Waals surface area (Å²) >= 11 is 0. The number of amides is 1. The molecule has 1 N–H and O–H groups in total. The Bertz CT molecular complexity index is 701. The predicted octanol–water partition coefficient (Wildman–Crippen LogP) is 3.17. The van der Waals surface area contributed by atoms with Crippen LogP contribution in [0, 0.1) is 20.8 Å². The molecule has 0 aliphatic heterocycles. The Morgan fingerprint density at radius 2 is 1.83 bits per heavy atom. The molecular weight excluding hydrogens is 296 g/mol. The second-order valence-electron chi connectivity index (χ2n) is 5.49. The van der Waals surface area contributed by atoms with Gasteiger partial charge in [-0.05, 0) is 39.3 Å². The third-order valence-electron chi connectivity index (χ3n) is 3.25. The summed E-state index contributed by atoms with van der Waals surface area (Å²) in [4.78, 5) is 24.4. The average molecular weight is 316 g/mol. The first-order valence-corrected chi connectivity index (χ1v) is 7.42. The largest absolute Gasteiger partial charge is 0.449 e. The molecule has 1 amide bonds. The molecule has 6 heteroatoms. The molecular formula is C17H20N2O4. The molecule has 122 valence electrons. The van der Waals surface area contributed by atoms with Gasteiger partial charge in [-0.15, -0.1) is 0 Å². The standard InChI is InChI=1S/C17H20N2O4/c1-5-14(16(20)18-15-9-12(4)23-19-15)22-17(21)13-7-10(2)6-11(3)8-13/h6-9,14H,5H2,1-4H3,(H,18,19,20). The van der Waals surface area contributed by atoms with E-state index >= 15 is 0 Å². The summed E-state index contributed by atoms with van der Waals surface area (Å²) in [7, 11) is 0. The van der Waals surface area contributed by atoms with Gasteiger partial charge in [-0.2, -0.15) is 0 Å². The first-order chi connectivity index (χ1) is 10.9. The minimum Gasteiger partial charge on any atom is -0.449 e. The van der Waals surface area contributed by atoms with Gasteiger partial charge in [0, 0.05) is 6.07 Å². The smallest absolute Gasteiger partial charge is 0.338 e. The topological polar surface area (TPSA) is 81.4 Å². The van der Waals surface area contributed by atoms with E-state index in [9.17, 15) is 9.59 Å². The van der Waals surface area contributed by atoms with E-state index in [0.717, 1.165) is 11.1 Å². The number of anilines is 1. The Labute approximate surface area is 134 Å². The molecule has 1 heterocycles. The van der Waals surface area contributed by atoms with Crippen molar-refractivity contribution in [1.29, 1.82) is 0 Å². The Balaban J connectivity index is 2.05. The SMILES string of the molecule is CCC(OC(=O)c1cc(C)cc(C)c1)C(=O)Nc1cc(C)on1. The van der Waals surface area contributed by atoms with Crippen molar-refractivity contribution in [3.05, 3.63) is 46.7 Å². The number of carbonyl (C=O) groups excluding carboxylic acids is 2. The van der Waals surface area contributed by atoms with E-state index in [4.69, 9.17) is 9.26 Å². The number of aryl methyl sites for hydroxylation is 3. The molecule has 0 aliphatic carbocycles. The van der Waals surface area contributed by atoms with Gasteiger partial charge in [-0.3, -0.25) is 4.79 Å². The Kier molecular flexibility index (Phi) is 5.16. The number of aromatic nitrogens is 1. The first kappa shape index (κ1) is 16.7. The first-order valence-electron chi connectivity index (χ1n) is 7.42. The lowest BCUT2D eigenvalue weighted by molar-refractivity contribution is -0.124. The number of nitrogens with zero attached hydrogens (tertiary/aromatic N) is 1. The van der Waals surface area contributed by atoms with Crippen molar-refractivity contribution in [1.82, 2.24) is 5.16 Å². The summed E-state index contributed by atoms with van der Waals surface area (Å²) in [5.74, 6) is -0.0670. The zero-order chi connectivity index (χ0) is 17.0. The number of carbonyl (C=O) groups is 2. The molecule has 0 bridgehead atoms. The molecule has 0 fully saturated rings. The summed E-state index contributed by atoms with van der Waals surface area (Å²) in [5.41, 5.74) is 2.37. The van der Waals surface area contributed by atoms with Crippen LogP contribution in [0.5, 0.6) is 0 Å². The van der Waals surface area contributed by atoms with Crippen LogP contribution in [0.25, 0.3) is 0 Å². The highest BCUT2D eigenvalue weighted by Crippen LogP contribution is 2.14. The maximum absolute atomic E-state index is 12.2. The highest BCUT2D eigenvalue weighted by atomic mass is 16.5. The second-order valence-corrected chi connectivity index (χ2v) is 5.49. The lowest BCUT2D eigenvalue weighted by atomic mass is 10.1. The van der Waals surface area contributed by atoms with Crippen molar-refractivity contribution in [3.63, 3.8) is 0 Å². The minimum absolute atomic E-state index is 0.299. The summed E-state index contributed by atoms with van der Waals surface area (Å²) in [5, 5.41) is 6.26. The van der Waals surface area contributed by atoms with Gasteiger partial charge in [-0.25, -0.2) is 4.79 Å². The summed E-state index contributed by atoms with van der Waals surface area (Å²) in [6, 6.07) is 7.03. The Morgan fingerprint density at radius 3 is 2.35 bits per heavy atom. The fourth-order valence-corrected chi connectivity index (χ4v) is 2.24. The molecule has 0 saturated carbocycles. The average Bonchev–Trinajstić information content (AvgIpc) is 2.88. The molecule has 1 unspecified atom stereocenters.